The van der Waals surface area contributed by atoms with Gasteiger partial charge in [0, 0.05) is 17.6 Å². The van der Waals surface area contributed by atoms with Crippen molar-refractivity contribution in [3.05, 3.63) is 33.2 Å². The number of halogens is 3. The second kappa shape index (κ2) is 5.07. The van der Waals surface area contributed by atoms with Gasteiger partial charge in [-0.1, -0.05) is 0 Å². The van der Waals surface area contributed by atoms with Crippen LogP contribution in [0.4, 0.5) is 8.78 Å². The Morgan fingerprint density at radius 3 is 2.69 bits per heavy atom. The predicted octanol–water partition coefficient (Wildman–Crippen LogP) is 1.84. The molecule has 4 nitrogen and oxygen atoms in total. The Labute approximate surface area is 94.2 Å². The molecule has 0 spiro atoms. The minimum absolute atomic E-state index is 0.202. The minimum Gasteiger partial charge on any atom is -0.465 e. The maximum atomic E-state index is 12.6. The van der Waals surface area contributed by atoms with Crippen LogP contribution in [0.25, 0.3) is 0 Å². The molecule has 0 aliphatic carbocycles. The lowest BCUT2D eigenvalue weighted by Crippen LogP contribution is -2.22. The van der Waals surface area contributed by atoms with E-state index in [0.717, 1.165) is 13.3 Å². The first kappa shape index (κ1) is 12.6. The largest absolute Gasteiger partial charge is 0.465 e. The lowest BCUT2D eigenvalue weighted by Gasteiger charge is -2.09. The van der Waals surface area contributed by atoms with E-state index in [2.05, 4.69) is 4.74 Å². The van der Waals surface area contributed by atoms with Gasteiger partial charge in [0.2, 0.25) is 0 Å². The molecule has 0 aliphatic rings. The zero-order valence-electron chi connectivity index (χ0n) is 8.22. The summed E-state index contributed by atoms with van der Waals surface area (Å²) in [5.41, 5.74) is -1.95. The summed E-state index contributed by atoms with van der Waals surface area (Å²) in [6.07, 6.45) is -1.98. The number of pyridine rings is 1. The van der Waals surface area contributed by atoms with Crippen LogP contribution in [-0.4, -0.2) is 18.1 Å². The van der Waals surface area contributed by atoms with Crippen LogP contribution in [-0.2, 0) is 10.6 Å². The molecule has 0 aromatic carbocycles. The average molecular weight is 252 g/mol. The molecule has 0 amide bonds. The minimum atomic E-state index is -2.82. The second-order valence-corrected chi connectivity index (χ2v) is 3.12. The van der Waals surface area contributed by atoms with Gasteiger partial charge in [0.15, 0.2) is 0 Å². The number of alkyl halides is 3. The van der Waals surface area contributed by atoms with Crippen LogP contribution >= 0.6 is 11.6 Å². The van der Waals surface area contributed by atoms with Gasteiger partial charge in [0.25, 0.3) is 12.0 Å². The number of carbonyl (C=O) groups excluding carboxylic acids is 1. The zero-order valence-corrected chi connectivity index (χ0v) is 8.98. The number of H-pyrrole nitrogens is 1. The first-order valence-electron chi connectivity index (χ1n) is 4.19. The molecule has 0 aliphatic heterocycles. The lowest BCUT2D eigenvalue weighted by molar-refractivity contribution is 0.0597. The van der Waals surface area contributed by atoms with E-state index in [9.17, 15) is 18.4 Å². The van der Waals surface area contributed by atoms with E-state index in [1.165, 1.54) is 0 Å². The van der Waals surface area contributed by atoms with Gasteiger partial charge in [-0.3, -0.25) is 4.79 Å². The van der Waals surface area contributed by atoms with Crippen LogP contribution in [0.15, 0.2) is 11.0 Å². The van der Waals surface area contributed by atoms with Crippen LogP contribution in [0, 0.1) is 0 Å². The number of ether oxygens (including phenoxy) is 1. The fraction of sp³-hybridized carbons (Fsp3) is 0.333. The molecule has 7 heteroatoms. The van der Waals surface area contributed by atoms with Crippen molar-refractivity contribution in [1.29, 1.82) is 0 Å². The highest BCUT2D eigenvalue weighted by molar-refractivity contribution is 6.17. The topological polar surface area (TPSA) is 59.2 Å². The normalized spacial score (nSPS) is 10.6. The number of aromatic amines is 1. The van der Waals surface area contributed by atoms with Crippen LogP contribution in [0.2, 0.25) is 0 Å². The van der Waals surface area contributed by atoms with Gasteiger partial charge in [0.05, 0.1) is 7.11 Å². The molecule has 0 saturated carbocycles. The molecule has 0 bridgehead atoms. The van der Waals surface area contributed by atoms with E-state index in [1.54, 1.807) is 0 Å². The first-order chi connectivity index (χ1) is 7.52. The van der Waals surface area contributed by atoms with Crippen molar-refractivity contribution in [2.75, 3.05) is 7.11 Å². The highest BCUT2D eigenvalue weighted by Crippen LogP contribution is 2.24. The molecule has 0 fully saturated rings. The fourth-order valence-electron chi connectivity index (χ4n) is 1.24. The number of hydrogen-bond donors (Lipinski definition) is 1. The summed E-state index contributed by atoms with van der Waals surface area (Å²) >= 11 is 5.46. The molecule has 1 rings (SSSR count). The van der Waals surface area contributed by atoms with Crippen molar-refractivity contribution < 1.29 is 18.3 Å². The monoisotopic (exact) mass is 251 g/mol. The molecule has 1 aromatic rings. The van der Waals surface area contributed by atoms with Gasteiger partial charge in [0.1, 0.15) is 5.56 Å². The van der Waals surface area contributed by atoms with Crippen LogP contribution < -0.4 is 5.56 Å². The molecule has 0 unspecified atom stereocenters. The van der Waals surface area contributed by atoms with E-state index in [4.69, 9.17) is 11.6 Å². The summed E-state index contributed by atoms with van der Waals surface area (Å²) in [7, 11) is 1.05. The molecule has 1 N–H and O–H groups in total. The van der Waals surface area contributed by atoms with Crippen molar-refractivity contribution in [2.45, 2.75) is 12.3 Å². The Kier molecular flexibility index (Phi) is 4.00. The molecular formula is C9H8ClF2NO3. The number of rotatable bonds is 3. The quantitative estimate of drug-likeness (QED) is 0.659. The van der Waals surface area contributed by atoms with E-state index < -0.39 is 29.1 Å². The Balaban J connectivity index is 3.50. The van der Waals surface area contributed by atoms with E-state index in [0.29, 0.717) is 0 Å². The third-order valence-corrected chi connectivity index (χ3v) is 2.26. The Morgan fingerprint density at radius 2 is 2.25 bits per heavy atom. The van der Waals surface area contributed by atoms with Crippen molar-refractivity contribution in [3.8, 4) is 0 Å². The summed E-state index contributed by atoms with van der Waals surface area (Å²) in [5, 5.41) is 0. The number of carbonyl (C=O) groups is 1. The zero-order chi connectivity index (χ0) is 12.3. The maximum Gasteiger partial charge on any atom is 0.343 e. The SMILES string of the molecule is COC(=O)c1c(CCl)c(C(F)F)c[nH]c1=O. The van der Waals surface area contributed by atoms with Gasteiger partial charge in [-0.25, -0.2) is 13.6 Å². The lowest BCUT2D eigenvalue weighted by atomic mass is 10.1. The number of esters is 1. The molecule has 0 atom stereocenters. The Morgan fingerprint density at radius 1 is 1.62 bits per heavy atom. The fourth-order valence-corrected chi connectivity index (χ4v) is 1.53. The standard InChI is InChI=1S/C9H8ClF2NO3/c1-16-9(15)6-4(2-10)5(7(11)12)3-13-8(6)14/h3,7H,2H2,1H3,(H,13,14). The summed E-state index contributed by atoms with van der Waals surface area (Å²) in [6.45, 7) is 0. The van der Waals surface area contributed by atoms with Crippen molar-refractivity contribution in [1.82, 2.24) is 4.98 Å². The van der Waals surface area contributed by atoms with Crippen molar-refractivity contribution in [2.24, 2.45) is 0 Å². The van der Waals surface area contributed by atoms with Gasteiger partial charge in [-0.05, 0) is 5.56 Å². The predicted molar refractivity (Wildman–Crippen MR) is 52.9 cm³/mol. The smallest absolute Gasteiger partial charge is 0.343 e. The van der Waals surface area contributed by atoms with Gasteiger partial charge in [-0.15, -0.1) is 11.6 Å². The van der Waals surface area contributed by atoms with E-state index >= 15 is 0 Å². The van der Waals surface area contributed by atoms with Gasteiger partial charge >= 0.3 is 5.97 Å². The molecule has 0 saturated heterocycles. The van der Waals surface area contributed by atoms with Crippen LogP contribution in [0.1, 0.15) is 27.9 Å². The third kappa shape index (κ3) is 2.21. The Hall–Kier alpha value is -1.43. The number of aromatic nitrogens is 1. The average Bonchev–Trinajstić information content (AvgIpc) is 2.26. The van der Waals surface area contributed by atoms with Gasteiger partial charge < -0.3 is 9.72 Å². The van der Waals surface area contributed by atoms with Crippen LogP contribution in [0.5, 0.6) is 0 Å². The molecule has 88 valence electrons. The number of nitrogens with one attached hydrogen (secondary N) is 1. The van der Waals surface area contributed by atoms with Crippen molar-refractivity contribution >= 4 is 17.6 Å². The summed E-state index contributed by atoms with van der Waals surface area (Å²) in [6, 6.07) is 0. The van der Waals surface area contributed by atoms with Crippen LogP contribution in [0.3, 0.4) is 0 Å². The first-order valence-corrected chi connectivity index (χ1v) is 4.73. The van der Waals surface area contributed by atoms with E-state index in [1.807, 2.05) is 4.98 Å². The third-order valence-electron chi connectivity index (χ3n) is 1.99. The number of methoxy groups -OCH3 is 1. The molecule has 0 radical (unpaired) electrons. The molecular weight excluding hydrogens is 244 g/mol. The highest BCUT2D eigenvalue weighted by atomic mass is 35.5. The second-order valence-electron chi connectivity index (χ2n) is 2.85. The Bertz CT molecular complexity index is 459. The molecule has 1 heterocycles. The summed E-state index contributed by atoms with van der Waals surface area (Å²) in [5.74, 6) is -1.35. The van der Waals surface area contributed by atoms with Gasteiger partial charge in [-0.2, -0.15) is 0 Å². The number of hydrogen-bond acceptors (Lipinski definition) is 3. The van der Waals surface area contributed by atoms with Crippen molar-refractivity contribution in [3.63, 3.8) is 0 Å². The van der Waals surface area contributed by atoms with E-state index in [-0.39, 0.29) is 11.4 Å². The highest BCUT2D eigenvalue weighted by Gasteiger charge is 2.23. The summed E-state index contributed by atoms with van der Waals surface area (Å²) in [4.78, 5) is 24.6. The molecule has 1 aromatic heterocycles. The summed E-state index contributed by atoms with van der Waals surface area (Å²) < 4.78 is 29.5. The molecule has 16 heavy (non-hydrogen) atoms. The maximum absolute atomic E-state index is 12.6.